The molecule has 0 spiro atoms. The van der Waals surface area contributed by atoms with Crippen LogP contribution in [0.3, 0.4) is 0 Å². The van der Waals surface area contributed by atoms with Gasteiger partial charge in [0.05, 0.1) is 12.5 Å². The van der Waals surface area contributed by atoms with Crippen LogP contribution < -0.4 is 5.32 Å². The monoisotopic (exact) mass is 237 g/mol. The first-order valence-electron chi connectivity index (χ1n) is 5.28. The van der Waals surface area contributed by atoms with Crippen molar-refractivity contribution in [3.8, 4) is 0 Å². The van der Waals surface area contributed by atoms with Crippen molar-refractivity contribution >= 4 is 17.6 Å². The van der Waals surface area contributed by atoms with Crippen LogP contribution in [-0.2, 0) is 9.59 Å². The van der Waals surface area contributed by atoms with Gasteiger partial charge in [0.1, 0.15) is 0 Å². The predicted octanol–water partition coefficient (Wildman–Crippen LogP) is 1.54. The highest BCUT2D eigenvalue weighted by atomic mass is 16.4. The van der Waals surface area contributed by atoms with Gasteiger partial charge in [-0.25, -0.2) is 0 Å². The summed E-state index contributed by atoms with van der Waals surface area (Å²) in [5.74, 6) is -1.35. The average molecular weight is 237 g/mol. The zero-order valence-electron chi connectivity index (χ0n) is 9.51. The fraction of sp³-hybridized carbons (Fsp3) is 0.333. The predicted molar refractivity (Wildman–Crippen MR) is 62.6 cm³/mol. The summed E-state index contributed by atoms with van der Waals surface area (Å²) in [7, 11) is 0. The molecule has 17 heavy (non-hydrogen) atoms. The Hall–Kier alpha value is -1.88. The lowest BCUT2D eigenvalue weighted by Gasteiger charge is -2.08. The number of carboxylic acid groups (broad SMARTS) is 1. The van der Waals surface area contributed by atoms with Crippen LogP contribution in [0.2, 0.25) is 0 Å². The lowest BCUT2D eigenvalue weighted by atomic mass is 10.1. The number of aliphatic hydroxyl groups is 1. The molecular formula is C12H15NO4. The molecule has 0 fully saturated rings. The lowest BCUT2D eigenvalue weighted by Crippen LogP contribution is -2.13. The van der Waals surface area contributed by atoms with E-state index in [2.05, 4.69) is 5.32 Å². The van der Waals surface area contributed by atoms with Crippen molar-refractivity contribution in [2.75, 3.05) is 5.32 Å². The van der Waals surface area contributed by atoms with Crippen LogP contribution in [0.5, 0.6) is 0 Å². The maximum absolute atomic E-state index is 11.4. The SMILES string of the molecule is C[C@@H](O)c1cccc(NC(=O)CCC(=O)O)c1. The number of carbonyl (C=O) groups is 2. The molecule has 0 heterocycles. The zero-order valence-corrected chi connectivity index (χ0v) is 9.51. The lowest BCUT2D eigenvalue weighted by molar-refractivity contribution is -0.138. The molecule has 0 bridgehead atoms. The maximum Gasteiger partial charge on any atom is 0.303 e. The summed E-state index contributed by atoms with van der Waals surface area (Å²) in [6.45, 7) is 1.63. The summed E-state index contributed by atoms with van der Waals surface area (Å²) in [4.78, 5) is 21.6. The van der Waals surface area contributed by atoms with Gasteiger partial charge in [-0.1, -0.05) is 12.1 Å². The van der Waals surface area contributed by atoms with Crippen LogP contribution >= 0.6 is 0 Å². The smallest absolute Gasteiger partial charge is 0.303 e. The van der Waals surface area contributed by atoms with Crippen LogP contribution in [0.15, 0.2) is 24.3 Å². The molecule has 0 saturated heterocycles. The highest BCUT2D eigenvalue weighted by Crippen LogP contribution is 2.17. The number of aliphatic carboxylic acids is 1. The highest BCUT2D eigenvalue weighted by molar-refractivity contribution is 5.92. The first kappa shape index (κ1) is 13.2. The number of rotatable bonds is 5. The third kappa shape index (κ3) is 4.65. The van der Waals surface area contributed by atoms with E-state index in [9.17, 15) is 14.7 Å². The molecule has 0 saturated carbocycles. The first-order chi connectivity index (χ1) is 7.99. The number of hydrogen-bond acceptors (Lipinski definition) is 3. The largest absolute Gasteiger partial charge is 0.481 e. The molecule has 1 aromatic rings. The number of amides is 1. The highest BCUT2D eigenvalue weighted by Gasteiger charge is 2.07. The second-order valence-electron chi connectivity index (χ2n) is 3.74. The number of carboxylic acids is 1. The zero-order chi connectivity index (χ0) is 12.8. The Morgan fingerprint density at radius 1 is 1.35 bits per heavy atom. The summed E-state index contributed by atoms with van der Waals surface area (Å²) in [6, 6.07) is 6.81. The van der Waals surface area contributed by atoms with Gasteiger partial charge in [-0.2, -0.15) is 0 Å². The van der Waals surface area contributed by atoms with Crippen molar-refractivity contribution in [2.24, 2.45) is 0 Å². The van der Waals surface area contributed by atoms with Gasteiger partial charge < -0.3 is 15.5 Å². The second-order valence-corrected chi connectivity index (χ2v) is 3.74. The Bertz CT molecular complexity index is 415. The van der Waals surface area contributed by atoms with E-state index in [0.29, 0.717) is 11.3 Å². The topological polar surface area (TPSA) is 86.6 Å². The molecule has 0 aliphatic carbocycles. The number of hydrogen-bond donors (Lipinski definition) is 3. The number of carbonyl (C=O) groups excluding carboxylic acids is 1. The van der Waals surface area contributed by atoms with Crippen LogP contribution in [0, 0.1) is 0 Å². The number of aliphatic hydroxyl groups excluding tert-OH is 1. The molecule has 0 aliphatic rings. The molecular weight excluding hydrogens is 222 g/mol. The normalized spacial score (nSPS) is 11.9. The third-order valence-electron chi connectivity index (χ3n) is 2.22. The van der Waals surface area contributed by atoms with Crippen molar-refractivity contribution in [1.29, 1.82) is 0 Å². The Balaban J connectivity index is 2.59. The minimum Gasteiger partial charge on any atom is -0.481 e. The minimum atomic E-state index is -1.00. The quantitative estimate of drug-likeness (QED) is 0.725. The molecule has 1 aromatic carbocycles. The minimum absolute atomic E-state index is 0.0613. The van der Waals surface area contributed by atoms with Gasteiger partial charge in [-0.15, -0.1) is 0 Å². The number of benzene rings is 1. The molecule has 1 rings (SSSR count). The van der Waals surface area contributed by atoms with E-state index in [4.69, 9.17) is 5.11 Å². The summed E-state index contributed by atoms with van der Waals surface area (Å²) in [5, 5.41) is 20.4. The maximum atomic E-state index is 11.4. The number of anilines is 1. The van der Waals surface area contributed by atoms with Crippen LogP contribution in [-0.4, -0.2) is 22.1 Å². The van der Waals surface area contributed by atoms with Crippen molar-refractivity contribution < 1.29 is 19.8 Å². The van der Waals surface area contributed by atoms with Crippen LogP contribution in [0.4, 0.5) is 5.69 Å². The van der Waals surface area contributed by atoms with E-state index in [1.807, 2.05) is 0 Å². The van der Waals surface area contributed by atoms with Crippen LogP contribution in [0.1, 0.15) is 31.4 Å². The number of nitrogens with one attached hydrogen (secondary N) is 1. The molecule has 0 aliphatic heterocycles. The van der Waals surface area contributed by atoms with Gasteiger partial charge >= 0.3 is 5.97 Å². The van der Waals surface area contributed by atoms with E-state index in [1.165, 1.54) is 0 Å². The second kappa shape index (κ2) is 6.00. The van der Waals surface area contributed by atoms with Crippen molar-refractivity contribution in [3.05, 3.63) is 29.8 Å². The van der Waals surface area contributed by atoms with Crippen LogP contribution in [0.25, 0.3) is 0 Å². The van der Waals surface area contributed by atoms with Gasteiger partial charge in [0, 0.05) is 12.1 Å². The van der Waals surface area contributed by atoms with Crippen molar-refractivity contribution in [3.63, 3.8) is 0 Å². The van der Waals surface area contributed by atoms with E-state index < -0.39 is 12.1 Å². The van der Waals surface area contributed by atoms with Gasteiger partial charge in [-0.05, 0) is 24.6 Å². The van der Waals surface area contributed by atoms with Gasteiger partial charge in [0.25, 0.3) is 0 Å². The Kier molecular flexibility index (Phi) is 4.66. The van der Waals surface area contributed by atoms with E-state index >= 15 is 0 Å². The molecule has 1 amide bonds. The molecule has 0 aromatic heterocycles. The van der Waals surface area contributed by atoms with Gasteiger partial charge in [0.15, 0.2) is 0 Å². The summed E-state index contributed by atoms with van der Waals surface area (Å²) in [5.41, 5.74) is 1.25. The molecule has 92 valence electrons. The van der Waals surface area contributed by atoms with Crippen molar-refractivity contribution in [1.82, 2.24) is 0 Å². The Labute approximate surface area is 99.1 Å². The van der Waals surface area contributed by atoms with Gasteiger partial charge in [0.2, 0.25) is 5.91 Å². The van der Waals surface area contributed by atoms with Gasteiger partial charge in [-0.3, -0.25) is 9.59 Å². The average Bonchev–Trinajstić information content (AvgIpc) is 2.26. The standard InChI is InChI=1S/C12H15NO4/c1-8(14)9-3-2-4-10(7-9)13-11(15)5-6-12(16)17/h2-4,7-8,14H,5-6H2,1H3,(H,13,15)(H,16,17)/t8-/m1/s1. The van der Waals surface area contributed by atoms with Crippen molar-refractivity contribution in [2.45, 2.75) is 25.9 Å². The molecule has 0 radical (unpaired) electrons. The molecule has 5 nitrogen and oxygen atoms in total. The van der Waals surface area contributed by atoms with E-state index in [-0.39, 0.29) is 18.7 Å². The molecule has 1 atom stereocenters. The summed E-state index contributed by atoms with van der Waals surface area (Å²) >= 11 is 0. The van der Waals surface area contributed by atoms with E-state index in [1.54, 1.807) is 31.2 Å². The molecule has 5 heteroatoms. The fourth-order valence-electron chi connectivity index (χ4n) is 1.32. The summed E-state index contributed by atoms with van der Waals surface area (Å²) in [6.07, 6.45) is -0.859. The van der Waals surface area contributed by atoms with E-state index in [0.717, 1.165) is 0 Å². The Morgan fingerprint density at radius 2 is 2.06 bits per heavy atom. The third-order valence-corrected chi connectivity index (χ3v) is 2.22. The fourth-order valence-corrected chi connectivity index (χ4v) is 1.32. The Morgan fingerprint density at radius 3 is 2.65 bits per heavy atom. The molecule has 0 unspecified atom stereocenters. The first-order valence-corrected chi connectivity index (χ1v) is 5.28. The summed E-state index contributed by atoms with van der Waals surface area (Å²) < 4.78 is 0. The molecule has 3 N–H and O–H groups in total.